The Bertz CT molecular complexity index is 277. The minimum absolute atomic E-state index is 0.280. The van der Waals surface area contributed by atoms with Crippen molar-refractivity contribution < 1.29 is 0 Å². The van der Waals surface area contributed by atoms with Crippen molar-refractivity contribution in [1.29, 1.82) is 0 Å². The van der Waals surface area contributed by atoms with Gasteiger partial charge in [0.05, 0.1) is 0 Å². The number of benzene rings is 1. The summed E-state index contributed by atoms with van der Waals surface area (Å²) in [6.07, 6.45) is 1.23. The highest BCUT2D eigenvalue weighted by atomic mass is 14.3. The minimum atomic E-state index is 0.280. The Balaban J connectivity index is 2.86. The van der Waals surface area contributed by atoms with Crippen molar-refractivity contribution in [3.8, 4) is 0 Å². The van der Waals surface area contributed by atoms with Crippen LogP contribution in [0.15, 0.2) is 24.3 Å². The second-order valence-corrected chi connectivity index (χ2v) is 5.18. The van der Waals surface area contributed by atoms with Gasteiger partial charge in [0.15, 0.2) is 0 Å². The van der Waals surface area contributed by atoms with Crippen LogP contribution >= 0.6 is 0 Å². The smallest absolute Gasteiger partial charge is 0.0101 e. The summed E-state index contributed by atoms with van der Waals surface area (Å²) in [5.41, 5.74) is 2.79. The third-order valence-electron chi connectivity index (χ3n) is 2.65. The van der Waals surface area contributed by atoms with Crippen molar-refractivity contribution in [3.63, 3.8) is 0 Å². The minimum Gasteiger partial charge on any atom is -0.0627 e. The zero-order valence-electron chi connectivity index (χ0n) is 9.80. The molecule has 0 fully saturated rings. The number of hydrogen-bond acceptors (Lipinski definition) is 0. The average Bonchev–Trinajstić information content (AvgIpc) is 2.02. The third-order valence-corrected chi connectivity index (χ3v) is 2.65. The largest absolute Gasteiger partial charge is 0.0627 e. The summed E-state index contributed by atoms with van der Waals surface area (Å²) in [4.78, 5) is 0. The molecular weight excluding hydrogens is 168 g/mol. The Kier molecular flexibility index (Phi) is 3.36. The topological polar surface area (TPSA) is 0 Å². The highest BCUT2D eigenvalue weighted by Gasteiger charge is 2.21. The van der Waals surface area contributed by atoms with Gasteiger partial charge in [-0.1, -0.05) is 52.0 Å². The molecule has 1 rings (SSSR count). The summed E-state index contributed by atoms with van der Waals surface area (Å²) in [5.74, 6) is 0.740. The van der Waals surface area contributed by atoms with Crippen LogP contribution in [-0.2, 0) is 5.41 Å². The van der Waals surface area contributed by atoms with Crippen LogP contribution in [0.1, 0.15) is 45.2 Å². The molecular formula is C14H21. The van der Waals surface area contributed by atoms with E-state index in [2.05, 4.69) is 58.9 Å². The van der Waals surface area contributed by atoms with E-state index in [4.69, 9.17) is 0 Å². The van der Waals surface area contributed by atoms with E-state index < -0.39 is 0 Å². The second kappa shape index (κ2) is 4.16. The first-order chi connectivity index (χ1) is 6.42. The van der Waals surface area contributed by atoms with Gasteiger partial charge in [-0.2, -0.15) is 0 Å². The van der Waals surface area contributed by atoms with Crippen LogP contribution in [-0.4, -0.2) is 0 Å². The van der Waals surface area contributed by atoms with Crippen molar-refractivity contribution >= 4 is 0 Å². The highest BCUT2D eigenvalue weighted by Crippen LogP contribution is 2.30. The molecule has 1 aromatic carbocycles. The maximum absolute atomic E-state index is 3.90. The molecule has 1 radical (unpaired) electrons. The first-order valence-corrected chi connectivity index (χ1v) is 5.34. The normalized spacial score (nSPS) is 12.1. The van der Waals surface area contributed by atoms with Gasteiger partial charge in [0.25, 0.3) is 0 Å². The van der Waals surface area contributed by atoms with Gasteiger partial charge in [-0.15, -0.1) is 0 Å². The molecule has 0 aliphatic heterocycles. The van der Waals surface area contributed by atoms with Crippen molar-refractivity contribution in [1.82, 2.24) is 0 Å². The quantitative estimate of drug-likeness (QED) is 0.668. The van der Waals surface area contributed by atoms with Gasteiger partial charge in [0, 0.05) is 0 Å². The molecule has 0 nitrogen and oxygen atoms in total. The molecule has 0 heterocycles. The Labute approximate surface area is 88.4 Å². The van der Waals surface area contributed by atoms with Crippen LogP contribution < -0.4 is 0 Å². The lowest BCUT2D eigenvalue weighted by atomic mass is 9.78. The molecule has 1 aromatic rings. The molecule has 0 aliphatic rings. The maximum Gasteiger partial charge on any atom is -0.0101 e. The van der Waals surface area contributed by atoms with Crippen molar-refractivity contribution in [2.45, 2.75) is 39.5 Å². The van der Waals surface area contributed by atoms with E-state index in [1.165, 1.54) is 12.0 Å². The lowest BCUT2D eigenvalue weighted by molar-refractivity contribution is 0.400. The van der Waals surface area contributed by atoms with Gasteiger partial charge in [0.1, 0.15) is 0 Å². The van der Waals surface area contributed by atoms with Gasteiger partial charge in [-0.3, -0.25) is 0 Å². The van der Waals surface area contributed by atoms with Crippen molar-refractivity contribution in [2.24, 2.45) is 5.92 Å². The fraction of sp³-hybridized carbons (Fsp3) is 0.500. The van der Waals surface area contributed by atoms with E-state index in [9.17, 15) is 0 Å². The number of hydrogen-bond donors (Lipinski definition) is 0. The zero-order valence-corrected chi connectivity index (χ0v) is 9.80. The average molecular weight is 189 g/mol. The molecule has 77 valence electrons. The van der Waals surface area contributed by atoms with Crippen LogP contribution in [0.2, 0.25) is 0 Å². The Morgan fingerprint density at radius 2 is 1.64 bits per heavy atom. The van der Waals surface area contributed by atoms with E-state index in [0.717, 1.165) is 11.5 Å². The van der Waals surface area contributed by atoms with E-state index >= 15 is 0 Å². The van der Waals surface area contributed by atoms with Crippen LogP contribution in [0.4, 0.5) is 0 Å². The van der Waals surface area contributed by atoms with Gasteiger partial charge < -0.3 is 0 Å². The molecule has 0 aromatic heterocycles. The third kappa shape index (κ3) is 2.87. The van der Waals surface area contributed by atoms with Crippen LogP contribution in [0.3, 0.4) is 0 Å². The SMILES string of the molecule is [CH2]c1ccc(C(C)(C)CC(C)C)cc1. The summed E-state index contributed by atoms with van der Waals surface area (Å²) in [7, 11) is 0. The monoisotopic (exact) mass is 189 g/mol. The molecule has 0 N–H and O–H groups in total. The van der Waals surface area contributed by atoms with Gasteiger partial charge in [-0.05, 0) is 35.8 Å². The first kappa shape index (κ1) is 11.3. The standard InChI is InChI=1S/C14H21/c1-11(2)10-14(4,5)13-8-6-12(3)7-9-13/h6-9,11H,3,10H2,1-2,4-5H3. The van der Waals surface area contributed by atoms with Gasteiger partial charge in [0.2, 0.25) is 0 Å². The van der Waals surface area contributed by atoms with E-state index in [-0.39, 0.29) is 5.41 Å². The molecule has 0 aliphatic carbocycles. The first-order valence-electron chi connectivity index (χ1n) is 5.34. The molecule has 0 saturated heterocycles. The lowest BCUT2D eigenvalue weighted by Crippen LogP contribution is -2.19. The molecule has 0 unspecified atom stereocenters. The van der Waals surface area contributed by atoms with Crippen LogP contribution in [0.5, 0.6) is 0 Å². The maximum atomic E-state index is 3.90. The summed E-state index contributed by atoms with van der Waals surface area (Å²) in [6, 6.07) is 8.59. The lowest BCUT2D eigenvalue weighted by Gasteiger charge is -2.27. The fourth-order valence-electron chi connectivity index (χ4n) is 2.09. The van der Waals surface area contributed by atoms with Crippen molar-refractivity contribution in [3.05, 3.63) is 42.3 Å². The molecule has 0 bridgehead atoms. The Morgan fingerprint density at radius 3 is 2.07 bits per heavy atom. The molecule has 0 amide bonds. The predicted molar refractivity (Wildman–Crippen MR) is 63.4 cm³/mol. The molecule has 0 heteroatoms. The van der Waals surface area contributed by atoms with E-state index in [1.807, 2.05) is 0 Å². The molecule has 14 heavy (non-hydrogen) atoms. The zero-order chi connectivity index (χ0) is 10.8. The van der Waals surface area contributed by atoms with Gasteiger partial charge >= 0.3 is 0 Å². The predicted octanol–water partition coefficient (Wildman–Crippen LogP) is 4.19. The highest BCUT2D eigenvalue weighted by molar-refractivity contribution is 5.29. The summed E-state index contributed by atoms with van der Waals surface area (Å²) < 4.78 is 0. The Hall–Kier alpha value is -0.780. The van der Waals surface area contributed by atoms with E-state index in [0.29, 0.717) is 0 Å². The summed E-state index contributed by atoms with van der Waals surface area (Å²) >= 11 is 0. The fourth-order valence-corrected chi connectivity index (χ4v) is 2.09. The van der Waals surface area contributed by atoms with Crippen molar-refractivity contribution in [2.75, 3.05) is 0 Å². The second-order valence-electron chi connectivity index (χ2n) is 5.18. The Morgan fingerprint density at radius 1 is 1.14 bits per heavy atom. The summed E-state index contributed by atoms with van der Waals surface area (Å²) in [6.45, 7) is 13.1. The van der Waals surface area contributed by atoms with Crippen LogP contribution in [0, 0.1) is 12.8 Å². The molecule has 0 saturated carbocycles. The van der Waals surface area contributed by atoms with Crippen LogP contribution in [0.25, 0.3) is 0 Å². The van der Waals surface area contributed by atoms with E-state index in [1.54, 1.807) is 0 Å². The van der Waals surface area contributed by atoms with Gasteiger partial charge in [-0.25, -0.2) is 0 Å². The molecule has 0 spiro atoms. The summed E-state index contributed by atoms with van der Waals surface area (Å²) in [5, 5.41) is 0. The molecule has 0 atom stereocenters. The number of rotatable bonds is 3.